The predicted molar refractivity (Wildman–Crippen MR) is 69.7 cm³/mol. The molecule has 0 spiro atoms. The molecule has 2 rings (SSSR count). The van der Waals surface area contributed by atoms with Crippen LogP contribution in [-0.2, 0) is 0 Å². The molecule has 3 nitrogen and oxygen atoms in total. The van der Waals surface area contributed by atoms with Crippen molar-refractivity contribution in [2.24, 2.45) is 0 Å². The van der Waals surface area contributed by atoms with Crippen molar-refractivity contribution in [3.63, 3.8) is 0 Å². The van der Waals surface area contributed by atoms with Crippen LogP contribution in [0.5, 0.6) is 11.5 Å². The molecule has 2 aromatic carbocycles. The molecule has 0 atom stereocenters. The number of halogens is 2. The average molecular weight is 283 g/mol. The highest BCUT2D eigenvalue weighted by atomic mass is 35.5. The van der Waals surface area contributed by atoms with E-state index < -0.39 is 17.3 Å². The van der Waals surface area contributed by atoms with Gasteiger partial charge in [-0.15, -0.1) is 0 Å². The van der Waals surface area contributed by atoms with Gasteiger partial charge in [0.05, 0.1) is 10.6 Å². The van der Waals surface area contributed by atoms with Gasteiger partial charge in [0.25, 0.3) is 0 Å². The second-order valence-electron chi connectivity index (χ2n) is 3.63. The molecule has 5 heteroatoms. The first-order valence-corrected chi connectivity index (χ1v) is 5.77. The third-order valence-corrected chi connectivity index (χ3v) is 2.97. The molecule has 0 aliphatic carbocycles. The van der Waals surface area contributed by atoms with E-state index in [0.717, 1.165) is 6.07 Å². The Morgan fingerprint density at radius 1 is 1.00 bits per heavy atom. The molecule has 0 aromatic heterocycles. The smallest absolute Gasteiger partial charge is 0.198 e. The maximum absolute atomic E-state index is 12.2. The first-order valence-electron chi connectivity index (χ1n) is 5.01. The second kappa shape index (κ2) is 4.88. The Morgan fingerprint density at radius 3 is 2.33 bits per heavy atom. The molecule has 0 heterocycles. The normalized spacial score (nSPS) is 10.3. The van der Waals surface area contributed by atoms with Crippen LogP contribution < -0.4 is 0 Å². The van der Waals surface area contributed by atoms with Crippen LogP contribution in [-0.4, -0.2) is 16.0 Å². The van der Waals surface area contributed by atoms with E-state index >= 15 is 0 Å². The fraction of sp³-hybridized carbons (Fsp3) is 0. The standard InChI is InChI=1S/C13H8Cl2O3/c14-7-5-9(13(18)11(16)6-7)12(17)8-3-1-2-4-10(8)15/h1-6,16,18H. The first-order chi connectivity index (χ1) is 8.50. The third kappa shape index (κ3) is 2.28. The molecular weight excluding hydrogens is 275 g/mol. The topological polar surface area (TPSA) is 57.5 Å². The minimum atomic E-state index is -0.510. The van der Waals surface area contributed by atoms with Crippen LogP contribution in [0.15, 0.2) is 36.4 Å². The van der Waals surface area contributed by atoms with E-state index in [9.17, 15) is 15.0 Å². The third-order valence-electron chi connectivity index (χ3n) is 2.42. The van der Waals surface area contributed by atoms with Crippen LogP contribution in [0.2, 0.25) is 10.0 Å². The van der Waals surface area contributed by atoms with E-state index in [4.69, 9.17) is 23.2 Å². The van der Waals surface area contributed by atoms with Crippen molar-refractivity contribution >= 4 is 29.0 Å². The summed E-state index contributed by atoms with van der Waals surface area (Å²) >= 11 is 11.6. The second-order valence-corrected chi connectivity index (χ2v) is 4.47. The number of hydrogen-bond acceptors (Lipinski definition) is 3. The number of benzene rings is 2. The van der Waals surface area contributed by atoms with Crippen molar-refractivity contribution in [2.45, 2.75) is 0 Å². The van der Waals surface area contributed by atoms with Gasteiger partial charge in [-0.3, -0.25) is 4.79 Å². The van der Waals surface area contributed by atoms with Crippen molar-refractivity contribution in [1.82, 2.24) is 0 Å². The van der Waals surface area contributed by atoms with Crippen LogP contribution in [0.25, 0.3) is 0 Å². The number of carbonyl (C=O) groups is 1. The van der Waals surface area contributed by atoms with Crippen molar-refractivity contribution in [3.8, 4) is 11.5 Å². The van der Waals surface area contributed by atoms with Crippen molar-refractivity contribution < 1.29 is 15.0 Å². The monoisotopic (exact) mass is 282 g/mol. The lowest BCUT2D eigenvalue weighted by atomic mass is 10.0. The Morgan fingerprint density at radius 2 is 1.67 bits per heavy atom. The van der Waals surface area contributed by atoms with Crippen LogP contribution in [0, 0.1) is 0 Å². The number of carbonyl (C=O) groups excluding carboxylic acids is 1. The maximum Gasteiger partial charge on any atom is 0.198 e. The van der Waals surface area contributed by atoms with Crippen LogP contribution in [0.1, 0.15) is 15.9 Å². The molecule has 2 N–H and O–H groups in total. The summed E-state index contributed by atoms with van der Waals surface area (Å²) in [6.07, 6.45) is 0. The highest BCUT2D eigenvalue weighted by molar-refractivity contribution is 6.35. The lowest BCUT2D eigenvalue weighted by Gasteiger charge is -2.07. The fourth-order valence-corrected chi connectivity index (χ4v) is 1.98. The van der Waals surface area contributed by atoms with Gasteiger partial charge in [0.2, 0.25) is 0 Å². The molecule has 0 aliphatic rings. The van der Waals surface area contributed by atoms with Crippen molar-refractivity contribution in [3.05, 3.63) is 57.6 Å². The molecule has 0 amide bonds. The van der Waals surface area contributed by atoms with E-state index in [1.807, 2.05) is 0 Å². The summed E-state index contributed by atoms with van der Waals surface area (Å²) in [5, 5.41) is 19.5. The van der Waals surface area contributed by atoms with E-state index in [1.165, 1.54) is 12.1 Å². The predicted octanol–water partition coefficient (Wildman–Crippen LogP) is 3.64. The Balaban J connectivity index is 2.57. The Kier molecular flexibility index (Phi) is 3.45. The summed E-state index contributed by atoms with van der Waals surface area (Å²) in [6, 6.07) is 8.87. The number of aromatic hydroxyl groups is 2. The summed E-state index contributed by atoms with van der Waals surface area (Å²) in [4.78, 5) is 12.2. The van der Waals surface area contributed by atoms with Gasteiger partial charge < -0.3 is 10.2 Å². The average Bonchev–Trinajstić information content (AvgIpc) is 2.33. The van der Waals surface area contributed by atoms with E-state index in [2.05, 4.69) is 0 Å². The van der Waals surface area contributed by atoms with Gasteiger partial charge in [-0.25, -0.2) is 0 Å². The molecule has 0 fully saturated rings. The highest BCUT2D eigenvalue weighted by Crippen LogP contribution is 2.34. The molecule has 0 bridgehead atoms. The van der Waals surface area contributed by atoms with E-state index in [0.29, 0.717) is 0 Å². The van der Waals surface area contributed by atoms with Crippen molar-refractivity contribution in [2.75, 3.05) is 0 Å². The zero-order valence-corrected chi connectivity index (χ0v) is 10.5. The molecule has 0 saturated carbocycles. The van der Waals surface area contributed by atoms with Crippen LogP contribution in [0.3, 0.4) is 0 Å². The summed E-state index contributed by atoms with van der Waals surface area (Å²) in [5.74, 6) is -1.46. The number of phenols is 2. The molecule has 18 heavy (non-hydrogen) atoms. The molecule has 0 radical (unpaired) electrons. The van der Waals surface area contributed by atoms with Crippen LogP contribution >= 0.6 is 23.2 Å². The fourth-order valence-electron chi connectivity index (χ4n) is 1.55. The number of rotatable bonds is 2. The lowest BCUT2D eigenvalue weighted by molar-refractivity contribution is 0.103. The van der Waals surface area contributed by atoms with Gasteiger partial charge in [0, 0.05) is 16.7 Å². The zero-order valence-electron chi connectivity index (χ0n) is 9.02. The number of phenolic OH excluding ortho intramolecular Hbond substituents is 2. The quantitative estimate of drug-likeness (QED) is 0.653. The summed E-state index contributed by atoms with van der Waals surface area (Å²) < 4.78 is 0. The SMILES string of the molecule is O=C(c1ccccc1Cl)c1cc(Cl)cc(O)c1O. The van der Waals surface area contributed by atoms with Crippen molar-refractivity contribution in [1.29, 1.82) is 0 Å². The summed E-state index contributed by atoms with van der Waals surface area (Å²) in [6.45, 7) is 0. The van der Waals surface area contributed by atoms with Crippen LogP contribution in [0.4, 0.5) is 0 Å². The van der Waals surface area contributed by atoms with Gasteiger partial charge in [-0.2, -0.15) is 0 Å². The summed E-state index contributed by atoms with van der Waals surface area (Å²) in [5.41, 5.74) is 0.143. The van der Waals surface area contributed by atoms with Gasteiger partial charge in [0.15, 0.2) is 17.3 Å². The Labute approximate surface area is 113 Å². The Hall–Kier alpha value is -1.71. The number of hydrogen-bond donors (Lipinski definition) is 2. The summed E-state index contributed by atoms with van der Waals surface area (Å²) in [7, 11) is 0. The van der Waals surface area contributed by atoms with E-state index in [-0.39, 0.29) is 21.2 Å². The molecule has 0 aliphatic heterocycles. The molecular formula is C13H8Cl2O3. The highest BCUT2D eigenvalue weighted by Gasteiger charge is 2.19. The maximum atomic E-state index is 12.2. The first kappa shape index (κ1) is 12.7. The minimum Gasteiger partial charge on any atom is -0.504 e. The Bertz CT molecular complexity index is 624. The van der Waals surface area contributed by atoms with Gasteiger partial charge in [-0.05, 0) is 18.2 Å². The largest absolute Gasteiger partial charge is 0.504 e. The zero-order chi connectivity index (χ0) is 13.3. The van der Waals surface area contributed by atoms with Gasteiger partial charge >= 0.3 is 0 Å². The molecule has 0 saturated heterocycles. The van der Waals surface area contributed by atoms with E-state index in [1.54, 1.807) is 18.2 Å². The lowest BCUT2D eigenvalue weighted by Crippen LogP contribution is -2.02. The van der Waals surface area contributed by atoms with Gasteiger partial charge in [-0.1, -0.05) is 35.3 Å². The minimum absolute atomic E-state index is 0.0897. The number of ketones is 1. The molecule has 0 unspecified atom stereocenters. The van der Waals surface area contributed by atoms with Gasteiger partial charge in [0.1, 0.15) is 0 Å². The molecule has 2 aromatic rings. The molecule has 92 valence electrons.